The van der Waals surface area contributed by atoms with Gasteiger partial charge in [-0.05, 0) is 48.9 Å². The van der Waals surface area contributed by atoms with Crippen molar-refractivity contribution in [2.45, 2.75) is 25.7 Å². The Balaban J connectivity index is 1.36. The van der Waals surface area contributed by atoms with Gasteiger partial charge in [-0.1, -0.05) is 36.4 Å². The Morgan fingerprint density at radius 2 is 1.64 bits per heavy atom. The van der Waals surface area contributed by atoms with Crippen LogP contribution in [0.25, 0.3) is 0 Å². The molecule has 6 heteroatoms. The third kappa shape index (κ3) is 5.47. The molecule has 134 valence electrons. The summed E-state index contributed by atoms with van der Waals surface area (Å²) in [5.41, 5.74) is 2.29. The van der Waals surface area contributed by atoms with Gasteiger partial charge in [0.25, 0.3) is 0 Å². The van der Waals surface area contributed by atoms with E-state index < -0.39 is 10.0 Å². The summed E-state index contributed by atoms with van der Waals surface area (Å²) in [4.78, 5) is 0. The van der Waals surface area contributed by atoms with Crippen molar-refractivity contribution in [3.8, 4) is 11.5 Å². The highest BCUT2D eigenvalue weighted by molar-refractivity contribution is 7.89. The second-order valence-electron chi connectivity index (χ2n) is 6.09. The summed E-state index contributed by atoms with van der Waals surface area (Å²) in [6, 6.07) is 15.8. The normalized spacial score (nSPS) is 13.1. The van der Waals surface area contributed by atoms with Crippen LogP contribution < -0.4 is 14.2 Å². The number of fused-ring (bicyclic) bond motifs is 1. The maximum Gasteiger partial charge on any atom is 0.231 e. The first-order valence-electron chi connectivity index (χ1n) is 8.52. The molecule has 2 aromatic rings. The van der Waals surface area contributed by atoms with Crippen molar-refractivity contribution in [3.63, 3.8) is 0 Å². The van der Waals surface area contributed by atoms with Crippen molar-refractivity contribution in [2.75, 3.05) is 19.1 Å². The molecule has 0 radical (unpaired) electrons. The van der Waals surface area contributed by atoms with E-state index in [0.717, 1.165) is 36.3 Å². The van der Waals surface area contributed by atoms with Crippen LogP contribution in [0.3, 0.4) is 0 Å². The Kier molecular flexibility index (Phi) is 5.94. The van der Waals surface area contributed by atoms with Crippen LogP contribution in [0, 0.1) is 0 Å². The van der Waals surface area contributed by atoms with Gasteiger partial charge < -0.3 is 9.47 Å². The number of benzene rings is 2. The summed E-state index contributed by atoms with van der Waals surface area (Å²) in [6.45, 7) is 0.712. The van der Waals surface area contributed by atoms with Crippen molar-refractivity contribution in [1.82, 2.24) is 4.72 Å². The molecule has 0 amide bonds. The first-order valence-corrected chi connectivity index (χ1v) is 10.2. The van der Waals surface area contributed by atoms with E-state index in [1.165, 1.54) is 5.56 Å². The smallest absolute Gasteiger partial charge is 0.231 e. The van der Waals surface area contributed by atoms with E-state index in [2.05, 4.69) is 4.72 Å². The maximum absolute atomic E-state index is 12.0. The third-order valence-electron chi connectivity index (χ3n) is 4.12. The fourth-order valence-corrected chi connectivity index (χ4v) is 3.92. The zero-order valence-electron chi connectivity index (χ0n) is 14.1. The van der Waals surface area contributed by atoms with Gasteiger partial charge in [-0.15, -0.1) is 0 Å². The summed E-state index contributed by atoms with van der Waals surface area (Å²) >= 11 is 0. The Labute approximate surface area is 149 Å². The van der Waals surface area contributed by atoms with Gasteiger partial charge >= 0.3 is 0 Å². The van der Waals surface area contributed by atoms with Gasteiger partial charge in [-0.25, -0.2) is 13.1 Å². The lowest BCUT2D eigenvalue weighted by Crippen LogP contribution is -2.27. The molecule has 3 rings (SSSR count). The zero-order valence-corrected chi connectivity index (χ0v) is 14.9. The van der Waals surface area contributed by atoms with Gasteiger partial charge in [0.15, 0.2) is 11.5 Å². The van der Waals surface area contributed by atoms with E-state index in [9.17, 15) is 8.42 Å². The van der Waals surface area contributed by atoms with Gasteiger partial charge in [-0.3, -0.25) is 0 Å². The molecule has 1 heterocycles. The van der Waals surface area contributed by atoms with Crippen LogP contribution >= 0.6 is 0 Å². The monoisotopic (exact) mass is 361 g/mol. The lowest BCUT2D eigenvalue weighted by atomic mass is 10.1. The number of nitrogens with one attached hydrogen (secondary N) is 1. The summed E-state index contributed by atoms with van der Waals surface area (Å²) in [5, 5.41) is 0. The first kappa shape index (κ1) is 17.8. The third-order valence-corrected chi connectivity index (χ3v) is 5.59. The van der Waals surface area contributed by atoms with Crippen LogP contribution in [0.15, 0.2) is 48.5 Å². The van der Waals surface area contributed by atoms with E-state index >= 15 is 0 Å². The summed E-state index contributed by atoms with van der Waals surface area (Å²) in [5.74, 6) is 1.69. The van der Waals surface area contributed by atoms with E-state index in [1.54, 1.807) is 0 Å². The molecule has 0 aliphatic carbocycles. The fourth-order valence-electron chi connectivity index (χ4n) is 2.80. The number of hydrogen-bond acceptors (Lipinski definition) is 4. The maximum atomic E-state index is 12.0. The molecule has 0 saturated heterocycles. The zero-order chi connectivity index (χ0) is 17.5. The lowest BCUT2D eigenvalue weighted by molar-refractivity contribution is 0.174. The SMILES string of the molecule is O=S(=O)(CCCc1ccccc1)NCCCc1ccc2c(c1)OCO2. The molecule has 1 aliphatic rings. The minimum Gasteiger partial charge on any atom is -0.454 e. The Morgan fingerprint density at radius 3 is 2.48 bits per heavy atom. The molecule has 0 atom stereocenters. The van der Waals surface area contributed by atoms with Crippen molar-refractivity contribution < 1.29 is 17.9 Å². The molecule has 1 N–H and O–H groups in total. The lowest BCUT2D eigenvalue weighted by Gasteiger charge is -2.07. The Bertz CT molecular complexity index is 790. The number of sulfonamides is 1. The average molecular weight is 361 g/mol. The quantitative estimate of drug-likeness (QED) is 0.698. The molecule has 0 fully saturated rings. The van der Waals surface area contributed by atoms with Crippen molar-refractivity contribution in [2.24, 2.45) is 0 Å². The minimum absolute atomic E-state index is 0.159. The molecule has 5 nitrogen and oxygen atoms in total. The van der Waals surface area contributed by atoms with E-state index in [1.807, 2.05) is 48.5 Å². The second-order valence-corrected chi connectivity index (χ2v) is 8.02. The standard InChI is InChI=1S/C19H23NO4S/c21-25(22,13-5-9-16-6-2-1-3-7-16)20-12-4-8-17-10-11-18-19(14-17)24-15-23-18/h1-3,6-7,10-11,14,20H,4-5,8-9,12-13,15H2. The molecular weight excluding hydrogens is 338 g/mol. The van der Waals surface area contributed by atoms with Crippen molar-refractivity contribution in [1.29, 1.82) is 0 Å². The molecule has 0 aromatic heterocycles. The predicted octanol–water partition coefficient (Wildman–Crippen LogP) is 2.90. The first-order chi connectivity index (χ1) is 12.1. The van der Waals surface area contributed by atoms with E-state index in [0.29, 0.717) is 13.0 Å². The highest BCUT2D eigenvalue weighted by atomic mass is 32.2. The highest BCUT2D eigenvalue weighted by Gasteiger charge is 2.13. The molecular formula is C19H23NO4S. The fraction of sp³-hybridized carbons (Fsp3) is 0.368. The second kappa shape index (κ2) is 8.36. The number of hydrogen-bond donors (Lipinski definition) is 1. The van der Waals surface area contributed by atoms with Crippen LogP contribution in [0.4, 0.5) is 0 Å². The van der Waals surface area contributed by atoms with Crippen LogP contribution in [0.2, 0.25) is 0 Å². The van der Waals surface area contributed by atoms with Crippen LogP contribution in [0.5, 0.6) is 11.5 Å². The largest absolute Gasteiger partial charge is 0.454 e. The molecule has 0 unspecified atom stereocenters. The summed E-state index contributed by atoms with van der Waals surface area (Å²) < 4.78 is 37.4. The molecule has 2 aromatic carbocycles. The molecule has 25 heavy (non-hydrogen) atoms. The van der Waals surface area contributed by atoms with Gasteiger partial charge in [0.2, 0.25) is 16.8 Å². The van der Waals surface area contributed by atoms with Crippen LogP contribution in [0.1, 0.15) is 24.0 Å². The Morgan fingerprint density at radius 1 is 0.880 bits per heavy atom. The topological polar surface area (TPSA) is 64.6 Å². The molecule has 0 spiro atoms. The highest BCUT2D eigenvalue weighted by Crippen LogP contribution is 2.32. The van der Waals surface area contributed by atoms with Gasteiger partial charge in [-0.2, -0.15) is 0 Å². The number of rotatable bonds is 9. The van der Waals surface area contributed by atoms with Crippen LogP contribution in [-0.4, -0.2) is 27.5 Å². The van der Waals surface area contributed by atoms with Crippen molar-refractivity contribution in [3.05, 3.63) is 59.7 Å². The van der Waals surface area contributed by atoms with E-state index in [4.69, 9.17) is 9.47 Å². The summed E-state index contributed by atoms with van der Waals surface area (Å²) in [7, 11) is -3.21. The van der Waals surface area contributed by atoms with Crippen LogP contribution in [-0.2, 0) is 22.9 Å². The Hall–Kier alpha value is -2.05. The summed E-state index contributed by atoms with van der Waals surface area (Å²) in [6.07, 6.45) is 2.95. The predicted molar refractivity (Wildman–Crippen MR) is 97.4 cm³/mol. The van der Waals surface area contributed by atoms with Gasteiger partial charge in [0.05, 0.1) is 5.75 Å². The minimum atomic E-state index is -3.21. The average Bonchev–Trinajstić information content (AvgIpc) is 3.07. The van der Waals surface area contributed by atoms with Gasteiger partial charge in [0, 0.05) is 6.54 Å². The molecule has 0 saturated carbocycles. The molecule has 1 aliphatic heterocycles. The van der Waals surface area contributed by atoms with E-state index in [-0.39, 0.29) is 12.5 Å². The molecule has 0 bridgehead atoms. The van der Waals surface area contributed by atoms with Gasteiger partial charge in [0.1, 0.15) is 0 Å². The number of aryl methyl sites for hydroxylation is 2. The van der Waals surface area contributed by atoms with Crippen molar-refractivity contribution >= 4 is 10.0 Å². The number of ether oxygens (including phenoxy) is 2.